The maximum Gasteiger partial charge on any atom is 0.278 e. The molecular formula is C29H33N3O4. The number of benzene rings is 2. The molecular weight excluding hydrogens is 453 g/mol. The van der Waals surface area contributed by atoms with E-state index in [9.17, 15) is 9.59 Å². The van der Waals surface area contributed by atoms with Gasteiger partial charge in [0.2, 0.25) is 0 Å². The Morgan fingerprint density at radius 1 is 1.00 bits per heavy atom. The van der Waals surface area contributed by atoms with Crippen molar-refractivity contribution in [2.45, 2.75) is 45.1 Å². The fraction of sp³-hybridized carbons (Fsp3) is 0.448. The van der Waals surface area contributed by atoms with Crippen LogP contribution in [0.2, 0.25) is 0 Å². The average Bonchev–Trinajstić information content (AvgIpc) is 3.27. The molecule has 7 nitrogen and oxygen atoms in total. The van der Waals surface area contributed by atoms with Crippen molar-refractivity contribution in [2.24, 2.45) is 23.2 Å². The van der Waals surface area contributed by atoms with Crippen LogP contribution < -0.4 is 15.5 Å². The second-order valence-corrected chi connectivity index (χ2v) is 11.3. The standard InChI is InChI=1S/C29H33N3O4/c1-36-26-11-18(2-4-24(26)28(34)31-35)16-32-7-6-22-12-23(3-5-25(22)32)27(33)30-17-29-13-19-8-20(14-29)10-21(9-19)15-29/h2-7,11-12,19-21,35H,8-10,13-17H2,1H3,(H,30,33)(H,31,34)/i1-1. The summed E-state index contributed by atoms with van der Waals surface area (Å²) < 4.78 is 7.44. The molecule has 1 aromatic heterocycles. The largest absolute Gasteiger partial charge is 0.496 e. The van der Waals surface area contributed by atoms with Gasteiger partial charge in [0.25, 0.3) is 11.8 Å². The van der Waals surface area contributed by atoms with Gasteiger partial charge in [-0.15, -0.1) is 0 Å². The fourth-order valence-electron chi connectivity index (χ4n) is 7.63. The zero-order chi connectivity index (χ0) is 24.9. The van der Waals surface area contributed by atoms with Gasteiger partial charge in [0.1, 0.15) is 5.75 Å². The molecule has 0 spiro atoms. The summed E-state index contributed by atoms with van der Waals surface area (Å²) in [6.45, 7) is 1.39. The zero-order valence-electron chi connectivity index (χ0n) is 20.6. The van der Waals surface area contributed by atoms with Crippen LogP contribution in [-0.4, -0.2) is 35.2 Å². The van der Waals surface area contributed by atoms with Gasteiger partial charge in [-0.05, 0) is 104 Å². The minimum Gasteiger partial charge on any atom is -0.496 e. The molecule has 3 aromatic rings. The van der Waals surface area contributed by atoms with Crippen molar-refractivity contribution < 1.29 is 19.5 Å². The van der Waals surface area contributed by atoms with Crippen molar-refractivity contribution >= 4 is 22.7 Å². The van der Waals surface area contributed by atoms with Gasteiger partial charge in [-0.3, -0.25) is 14.8 Å². The molecule has 0 saturated heterocycles. The number of hydroxylamine groups is 1. The molecule has 1 heterocycles. The molecule has 7 rings (SSSR count). The third-order valence-corrected chi connectivity index (χ3v) is 8.79. The average molecular weight is 487 g/mol. The Kier molecular flexibility index (Phi) is 5.75. The second-order valence-electron chi connectivity index (χ2n) is 11.3. The minimum absolute atomic E-state index is 0.0166. The third kappa shape index (κ3) is 4.15. The fourth-order valence-corrected chi connectivity index (χ4v) is 7.63. The van der Waals surface area contributed by atoms with Crippen LogP contribution in [-0.2, 0) is 6.54 Å². The summed E-state index contributed by atoms with van der Waals surface area (Å²) in [6, 6.07) is 13.2. The van der Waals surface area contributed by atoms with E-state index < -0.39 is 5.91 Å². The Morgan fingerprint density at radius 2 is 1.72 bits per heavy atom. The number of aromatic nitrogens is 1. The first-order valence-electron chi connectivity index (χ1n) is 12.9. The first-order chi connectivity index (χ1) is 17.4. The number of hydrogen-bond donors (Lipinski definition) is 3. The number of carbonyl (C=O) groups excluding carboxylic acids is 2. The molecule has 4 fully saturated rings. The highest BCUT2D eigenvalue weighted by atomic mass is 16.5. The molecule has 4 bridgehead atoms. The molecule has 0 radical (unpaired) electrons. The molecule has 2 aromatic carbocycles. The van der Waals surface area contributed by atoms with E-state index in [1.165, 1.54) is 45.6 Å². The lowest BCUT2D eigenvalue weighted by molar-refractivity contribution is -0.0503. The molecule has 4 aliphatic rings. The van der Waals surface area contributed by atoms with Gasteiger partial charge in [-0.25, -0.2) is 5.48 Å². The Labute approximate surface area is 210 Å². The van der Waals surface area contributed by atoms with Crippen molar-refractivity contribution in [1.29, 1.82) is 0 Å². The highest BCUT2D eigenvalue weighted by Gasteiger charge is 2.50. The normalized spacial score (nSPS) is 26.2. The van der Waals surface area contributed by atoms with Crippen LogP contribution in [0, 0.1) is 23.2 Å². The van der Waals surface area contributed by atoms with Gasteiger partial charge in [-0.1, -0.05) is 6.07 Å². The monoisotopic (exact) mass is 486 g/mol. The summed E-state index contributed by atoms with van der Waals surface area (Å²) in [7, 11) is 1.49. The highest BCUT2D eigenvalue weighted by molar-refractivity contribution is 5.98. The number of methoxy groups -OCH3 is 1. The van der Waals surface area contributed by atoms with Crippen LogP contribution in [0.25, 0.3) is 10.9 Å². The second kappa shape index (κ2) is 8.96. The van der Waals surface area contributed by atoms with Gasteiger partial charge in [0.15, 0.2) is 0 Å². The molecule has 0 unspecified atom stereocenters. The maximum atomic E-state index is 13.1. The Bertz CT molecular complexity index is 1290. The number of ether oxygens (including phenoxy) is 1. The molecule has 0 atom stereocenters. The third-order valence-electron chi connectivity index (χ3n) is 8.79. The number of nitrogens with one attached hydrogen (secondary N) is 2. The topological polar surface area (TPSA) is 92.6 Å². The summed E-state index contributed by atoms with van der Waals surface area (Å²) in [4.78, 5) is 24.9. The number of carbonyl (C=O) groups is 2. The van der Waals surface area contributed by atoms with Crippen LogP contribution in [0.15, 0.2) is 48.7 Å². The molecule has 7 heteroatoms. The van der Waals surface area contributed by atoms with Crippen molar-refractivity contribution in [1.82, 2.24) is 15.4 Å². The van der Waals surface area contributed by atoms with E-state index in [4.69, 9.17) is 9.94 Å². The lowest BCUT2D eigenvalue weighted by Crippen LogP contribution is -2.51. The summed E-state index contributed by atoms with van der Waals surface area (Å²) in [6.07, 6.45) is 10.1. The molecule has 0 aliphatic heterocycles. The van der Waals surface area contributed by atoms with Gasteiger partial charge in [0.05, 0.1) is 12.7 Å². The van der Waals surface area contributed by atoms with Crippen molar-refractivity contribution in [2.75, 3.05) is 13.7 Å². The first kappa shape index (κ1) is 23.1. The highest BCUT2D eigenvalue weighted by Crippen LogP contribution is 2.59. The summed E-state index contributed by atoms with van der Waals surface area (Å²) in [5.74, 6) is 2.45. The first-order valence-corrected chi connectivity index (χ1v) is 12.9. The van der Waals surface area contributed by atoms with Crippen LogP contribution in [0.3, 0.4) is 0 Å². The van der Waals surface area contributed by atoms with Crippen LogP contribution >= 0.6 is 0 Å². The lowest BCUT2D eigenvalue weighted by atomic mass is 9.49. The summed E-state index contributed by atoms with van der Waals surface area (Å²) >= 11 is 0. The van der Waals surface area contributed by atoms with E-state index in [-0.39, 0.29) is 11.5 Å². The molecule has 4 saturated carbocycles. The predicted octanol–water partition coefficient (Wildman–Crippen LogP) is 4.76. The van der Waals surface area contributed by atoms with Crippen molar-refractivity contribution in [3.05, 3.63) is 65.4 Å². The Morgan fingerprint density at radius 3 is 2.39 bits per heavy atom. The smallest absolute Gasteiger partial charge is 0.278 e. The van der Waals surface area contributed by atoms with E-state index in [1.807, 2.05) is 36.5 Å². The molecule has 188 valence electrons. The molecule has 3 N–H and O–H groups in total. The predicted molar refractivity (Wildman–Crippen MR) is 136 cm³/mol. The van der Waals surface area contributed by atoms with Gasteiger partial charge in [0, 0.05) is 35.8 Å². The van der Waals surface area contributed by atoms with Crippen molar-refractivity contribution in [3.63, 3.8) is 0 Å². The van der Waals surface area contributed by atoms with E-state index in [2.05, 4.69) is 9.88 Å². The van der Waals surface area contributed by atoms with Gasteiger partial charge >= 0.3 is 0 Å². The molecule has 2 amide bonds. The quantitative estimate of drug-likeness (QED) is 0.332. The van der Waals surface area contributed by atoms with Crippen LogP contribution in [0.5, 0.6) is 5.75 Å². The van der Waals surface area contributed by atoms with Gasteiger partial charge in [-0.2, -0.15) is 0 Å². The zero-order valence-corrected chi connectivity index (χ0v) is 20.6. The van der Waals surface area contributed by atoms with E-state index in [0.29, 0.717) is 23.3 Å². The summed E-state index contributed by atoms with van der Waals surface area (Å²) in [5.41, 5.74) is 4.92. The SMILES string of the molecule is [11CH3]Oc1cc(Cn2ccc3cc(C(=O)NCC45CC6CC(CC(C6)C4)C5)ccc32)ccc1C(=O)NO. The van der Waals surface area contributed by atoms with Crippen LogP contribution in [0.1, 0.15) is 64.8 Å². The van der Waals surface area contributed by atoms with Gasteiger partial charge < -0.3 is 14.6 Å². The van der Waals surface area contributed by atoms with Crippen molar-refractivity contribution in [3.8, 4) is 5.75 Å². The lowest BCUT2D eigenvalue weighted by Gasteiger charge is -2.56. The molecule has 36 heavy (non-hydrogen) atoms. The van der Waals surface area contributed by atoms with Crippen LogP contribution in [0.4, 0.5) is 0 Å². The van der Waals surface area contributed by atoms with E-state index in [0.717, 1.165) is 40.8 Å². The number of amides is 2. The minimum atomic E-state index is -0.612. The molecule has 4 aliphatic carbocycles. The number of nitrogens with zero attached hydrogens (tertiary/aromatic N) is 1. The summed E-state index contributed by atoms with van der Waals surface area (Å²) in [5, 5.41) is 13.2. The van der Waals surface area contributed by atoms with E-state index >= 15 is 0 Å². The number of rotatable bonds is 7. The number of fused-ring (bicyclic) bond motifs is 1. The van der Waals surface area contributed by atoms with E-state index in [1.54, 1.807) is 17.6 Å². The number of hydrogen-bond acceptors (Lipinski definition) is 4. The Balaban J connectivity index is 1.15. The Hall–Kier alpha value is -3.32. The maximum absolute atomic E-state index is 13.1.